The molecular weight excluding hydrogens is 222 g/mol. The van der Waals surface area contributed by atoms with Crippen LogP contribution in [0.1, 0.15) is 12.8 Å². The van der Waals surface area contributed by atoms with Crippen LogP contribution in [0.25, 0.3) is 0 Å². The highest BCUT2D eigenvalue weighted by Crippen LogP contribution is 2.52. The van der Waals surface area contributed by atoms with Crippen molar-refractivity contribution in [3.05, 3.63) is 12.7 Å². The van der Waals surface area contributed by atoms with Gasteiger partial charge < -0.3 is 14.7 Å². The second-order valence-corrected chi connectivity index (χ2v) is 4.62. The highest BCUT2D eigenvalue weighted by atomic mass is 16.6. The molecular formula is C12H17NO4. The van der Waals surface area contributed by atoms with Gasteiger partial charge in [-0.15, -0.1) is 0 Å². The molecule has 0 bridgehead atoms. The van der Waals surface area contributed by atoms with Crippen LogP contribution in [0.4, 0.5) is 4.79 Å². The average molecular weight is 239 g/mol. The smallest absolute Gasteiger partial charge is 0.410 e. The van der Waals surface area contributed by atoms with Crippen molar-refractivity contribution in [3.63, 3.8) is 0 Å². The van der Waals surface area contributed by atoms with E-state index in [1.807, 2.05) is 0 Å². The van der Waals surface area contributed by atoms with Gasteiger partial charge in [-0.2, -0.15) is 0 Å². The molecule has 94 valence electrons. The van der Waals surface area contributed by atoms with E-state index in [9.17, 15) is 9.59 Å². The predicted molar refractivity (Wildman–Crippen MR) is 60.5 cm³/mol. The summed E-state index contributed by atoms with van der Waals surface area (Å²) >= 11 is 0. The zero-order valence-corrected chi connectivity index (χ0v) is 9.67. The normalized spacial score (nSPS) is 31.1. The van der Waals surface area contributed by atoms with Gasteiger partial charge >= 0.3 is 12.1 Å². The Hall–Kier alpha value is -1.52. The van der Waals surface area contributed by atoms with Crippen LogP contribution in [0.15, 0.2) is 12.7 Å². The lowest BCUT2D eigenvalue weighted by molar-refractivity contribution is -0.139. The molecule has 1 aliphatic carbocycles. The Labute approximate surface area is 100 Å². The highest BCUT2D eigenvalue weighted by Gasteiger charge is 2.55. The molecule has 1 heterocycles. The van der Waals surface area contributed by atoms with Crippen LogP contribution in [-0.4, -0.2) is 41.8 Å². The molecule has 0 aromatic carbocycles. The van der Waals surface area contributed by atoms with Crippen LogP contribution in [0.2, 0.25) is 0 Å². The lowest BCUT2D eigenvalue weighted by atomic mass is 10.2. The predicted octanol–water partition coefficient (Wildman–Crippen LogP) is 1.35. The van der Waals surface area contributed by atoms with Gasteiger partial charge in [0.25, 0.3) is 0 Å². The molecule has 2 unspecified atom stereocenters. The Balaban J connectivity index is 1.82. The van der Waals surface area contributed by atoms with Gasteiger partial charge in [-0.25, -0.2) is 4.79 Å². The summed E-state index contributed by atoms with van der Waals surface area (Å²) in [6.07, 6.45) is 2.75. The minimum absolute atomic E-state index is 0.179. The number of carboxylic acids is 1. The number of hydrogen-bond acceptors (Lipinski definition) is 3. The van der Waals surface area contributed by atoms with E-state index in [2.05, 4.69) is 6.58 Å². The van der Waals surface area contributed by atoms with Gasteiger partial charge in [0.2, 0.25) is 0 Å². The molecule has 1 amide bonds. The van der Waals surface area contributed by atoms with E-state index in [0.29, 0.717) is 13.1 Å². The molecule has 2 atom stereocenters. The number of fused-ring (bicyclic) bond motifs is 1. The Morgan fingerprint density at radius 2 is 1.94 bits per heavy atom. The molecule has 0 aromatic rings. The van der Waals surface area contributed by atoms with Gasteiger partial charge in [0, 0.05) is 13.1 Å². The first-order chi connectivity index (χ1) is 8.15. The van der Waals surface area contributed by atoms with E-state index in [1.54, 1.807) is 4.90 Å². The summed E-state index contributed by atoms with van der Waals surface area (Å²) in [4.78, 5) is 24.1. The largest absolute Gasteiger partial charge is 0.481 e. The fourth-order valence-corrected chi connectivity index (χ4v) is 2.72. The lowest BCUT2D eigenvalue weighted by Crippen LogP contribution is -2.33. The summed E-state index contributed by atoms with van der Waals surface area (Å²) < 4.78 is 4.96. The molecule has 2 rings (SSSR count). The van der Waals surface area contributed by atoms with E-state index >= 15 is 0 Å². The minimum atomic E-state index is -0.692. The third kappa shape index (κ3) is 2.43. The fourth-order valence-electron chi connectivity index (χ4n) is 2.72. The number of carboxylic acid groups (broad SMARTS) is 1. The topological polar surface area (TPSA) is 66.8 Å². The zero-order valence-electron chi connectivity index (χ0n) is 9.67. The highest BCUT2D eigenvalue weighted by molar-refractivity contribution is 5.74. The lowest BCUT2D eigenvalue weighted by Gasteiger charge is -2.20. The number of likely N-dealkylation sites (tertiary alicyclic amines) is 1. The standard InChI is InChI=1S/C12H17NO4/c1-2-7-17-12(16)13-5-3-8-9(4-6-13)10(8)11(14)15/h2,8-10H,1,3-7H2,(H,14,15). The molecule has 1 saturated heterocycles. The Kier molecular flexibility index (Phi) is 3.36. The third-order valence-corrected chi connectivity index (χ3v) is 3.66. The van der Waals surface area contributed by atoms with E-state index in [-0.39, 0.29) is 30.5 Å². The molecule has 0 spiro atoms. The first-order valence-corrected chi connectivity index (χ1v) is 5.90. The number of hydrogen-bond donors (Lipinski definition) is 1. The Morgan fingerprint density at radius 1 is 1.35 bits per heavy atom. The van der Waals surface area contributed by atoms with E-state index in [1.165, 1.54) is 6.08 Å². The number of aliphatic carboxylic acids is 1. The molecule has 1 N–H and O–H groups in total. The van der Waals surface area contributed by atoms with E-state index in [4.69, 9.17) is 9.84 Å². The summed E-state index contributed by atoms with van der Waals surface area (Å²) in [6, 6.07) is 0. The molecule has 5 nitrogen and oxygen atoms in total. The van der Waals surface area contributed by atoms with Crippen molar-refractivity contribution in [1.29, 1.82) is 0 Å². The van der Waals surface area contributed by atoms with Crippen LogP contribution < -0.4 is 0 Å². The quantitative estimate of drug-likeness (QED) is 0.755. The summed E-state index contributed by atoms with van der Waals surface area (Å²) in [5, 5.41) is 8.95. The Morgan fingerprint density at radius 3 is 2.41 bits per heavy atom. The first kappa shape index (κ1) is 12.0. The molecule has 17 heavy (non-hydrogen) atoms. The van der Waals surface area contributed by atoms with Crippen molar-refractivity contribution in [1.82, 2.24) is 4.90 Å². The van der Waals surface area contributed by atoms with Crippen LogP contribution >= 0.6 is 0 Å². The van der Waals surface area contributed by atoms with Crippen LogP contribution in [0.5, 0.6) is 0 Å². The van der Waals surface area contributed by atoms with Crippen molar-refractivity contribution in [3.8, 4) is 0 Å². The monoisotopic (exact) mass is 239 g/mol. The van der Waals surface area contributed by atoms with Crippen LogP contribution in [-0.2, 0) is 9.53 Å². The van der Waals surface area contributed by atoms with Gasteiger partial charge in [0.1, 0.15) is 6.61 Å². The zero-order chi connectivity index (χ0) is 12.4. The molecule has 5 heteroatoms. The van der Waals surface area contributed by atoms with Gasteiger partial charge in [-0.05, 0) is 24.7 Å². The molecule has 1 aliphatic heterocycles. The molecule has 1 saturated carbocycles. The minimum Gasteiger partial charge on any atom is -0.481 e. The molecule has 0 aromatic heterocycles. The van der Waals surface area contributed by atoms with Crippen LogP contribution in [0, 0.1) is 17.8 Å². The van der Waals surface area contributed by atoms with Gasteiger partial charge in [-0.1, -0.05) is 12.7 Å². The second kappa shape index (κ2) is 4.77. The van der Waals surface area contributed by atoms with Crippen molar-refractivity contribution < 1.29 is 19.4 Å². The second-order valence-electron chi connectivity index (χ2n) is 4.62. The number of amides is 1. The van der Waals surface area contributed by atoms with Gasteiger partial charge in [0.05, 0.1) is 5.92 Å². The number of ether oxygens (including phenoxy) is 1. The first-order valence-electron chi connectivity index (χ1n) is 5.90. The van der Waals surface area contributed by atoms with E-state index in [0.717, 1.165) is 12.8 Å². The van der Waals surface area contributed by atoms with Crippen molar-refractivity contribution in [2.45, 2.75) is 12.8 Å². The van der Waals surface area contributed by atoms with Crippen molar-refractivity contribution in [2.75, 3.05) is 19.7 Å². The number of carbonyl (C=O) groups is 2. The van der Waals surface area contributed by atoms with Crippen molar-refractivity contribution >= 4 is 12.1 Å². The number of carbonyl (C=O) groups excluding carboxylic acids is 1. The Bertz CT molecular complexity index is 327. The maximum atomic E-state index is 11.6. The number of nitrogens with zero attached hydrogens (tertiary/aromatic N) is 1. The summed E-state index contributed by atoms with van der Waals surface area (Å²) in [5.41, 5.74) is 0. The molecule has 0 radical (unpaired) electrons. The SMILES string of the molecule is C=CCOC(=O)N1CCC2C(CC1)C2C(=O)O. The third-order valence-electron chi connectivity index (χ3n) is 3.66. The molecule has 2 aliphatic rings. The van der Waals surface area contributed by atoms with Gasteiger partial charge in [-0.3, -0.25) is 4.79 Å². The number of rotatable bonds is 3. The summed E-state index contributed by atoms with van der Waals surface area (Å²) in [5.74, 6) is -0.363. The maximum Gasteiger partial charge on any atom is 0.410 e. The summed E-state index contributed by atoms with van der Waals surface area (Å²) in [7, 11) is 0. The average Bonchev–Trinajstić information content (AvgIpc) is 3.00. The van der Waals surface area contributed by atoms with Crippen molar-refractivity contribution in [2.24, 2.45) is 17.8 Å². The van der Waals surface area contributed by atoms with E-state index < -0.39 is 5.97 Å². The maximum absolute atomic E-state index is 11.6. The fraction of sp³-hybridized carbons (Fsp3) is 0.667. The molecule has 2 fully saturated rings. The van der Waals surface area contributed by atoms with Crippen LogP contribution in [0.3, 0.4) is 0 Å². The summed E-state index contributed by atoms with van der Waals surface area (Å²) in [6.45, 7) is 4.90. The van der Waals surface area contributed by atoms with Gasteiger partial charge in [0.15, 0.2) is 0 Å².